The standard InChI is InChI=1S/C14H20I2NO3/c1-11(19)5-13(3-8-4-14(8,13)6-11)7-20-10(18)12(2,15)9-16-17-9/h8-9,17,19H,3-7H2,1-2H3/q-1. The van der Waals surface area contributed by atoms with Crippen LogP contribution in [-0.2, 0) is 9.53 Å². The molecule has 20 heavy (non-hydrogen) atoms. The third-order valence-electron chi connectivity index (χ3n) is 5.91. The summed E-state index contributed by atoms with van der Waals surface area (Å²) in [7, 11) is 0. The Morgan fingerprint density at radius 2 is 2.25 bits per heavy atom. The Labute approximate surface area is 143 Å². The molecule has 0 aromatic carbocycles. The molecule has 1 spiro atoms. The van der Waals surface area contributed by atoms with Crippen LogP contribution < -0.4 is 25.0 Å². The van der Waals surface area contributed by atoms with Crippen LogP contribution in [0.2, 0.25) is 0 Å². The first-order valence-electron chi connectivity index (χ1n) is 7.17. The minimum atomic E-state index is -0.561. The van der Waals surface area contributed by atoms with E-state index >= 15 is 0 Å². The van der Waals surface area contributed by atoms with Gasteiger partial charge in [-0.1, -0.05) is 0 Å². The number of esters is 1. The Hall–Kier alpha value is 0.850. The van der Waals surface area contributed by atoms with Crippen molar-refractivity contribution in [1.82, 2.24) is 3.53 Å². The molecule has 0 aromatic rings. The van der Waals surface area contributed by atoms with Crippen LogP contribution in [0.5, 0.6) is 0 Å². The van der Waals surface area contributed by atoms with Gasteiger partial charge < -0.3 is 0 Å². The molecule has 4 rings (SSSR count). The molecular formula is C14H20I2NO3-. The number of ether oxygens (including phenoxy) is 1. The maximum atomic E-state index is 12.3. The van der Waals surface area contributed by atoms with Gasteiger partial charge in [0.1, 0.15) is 0 Å². The Morgan fingerprint density at radius 1 is 1.55 bits per heavy atom. The van der Waals surface area contributed by atoms with Crippen LogP contribution in [0.4, 0.5) is 0 Å². The number of halogens is 2. The van der Waals surface area contributed by atoms with E-state index in [0.717, 1.165) is 25.2 Å². The van der Waals surface area contributed by atoms with E-state index in [9.17, 15) is 9.90 Å². The van der Waals surface area contributed by atoms with Crippen LogP contribution in [0.3, 0.4) is 0 Å². The predicted molar refractivity (Wildman–Crippen MR) is 77.8 cm³/mol. The molecule has 1 heterocycles. The number of alkyl halides is 2. The van der Waals surface area contributed by atoms with Gasteiger partial charge in [-0.15, -0.1) is 0 Å². The molecule has 0 radical (unpaired) electrons. The Balaban J connectivity index is 1.44. The Bertz CT molecular complexity index is 491. The molecule has 0 aromatic heterocycles. The summed E-state index contributed by atoms with van der Waals surface area (Å²) < 4.78 is 8.98. The second-order valence-corrected chi connectivity index (χ2v) is 12.4. The predicted octanol–water partition coefficient (Wildman–Crippen LogP) is -1.40. The number of nitrogens with one attached hydrogen (secondary N) is 1. The van der Waals surface area contributed by atoms with Gasteiger partial charge in [0.2, 0.25) is 0 Å². The van der Waals surface area contributed by atoms with Crippen molar-refractivity contribution in [2.24, 2.45) is 16.7 Å². The normalized spacial score (nSPS) is 54.6. The van der Waals surface area contributed by atoms with E-state index in [0.29, 0.717) is 16.1 Å². The summed E-state index contributed by atoms with van der Waals surface area (Å²) in [5, 5.41) is 10.4. The molecular weight excluding hydrogens is 484 g/mol. The van der Waals surface area contributed by atoms with Crippen molar-refractivity contribution in [3.63, 3.8) is 0 Å². The fraction of sp³-hybridized carbons (Fsp3) is 0.929. The molecule has 3 aliphatic carbocycles. The summed E-state index contributed by atoms with van der Waals surface area (Å²) in [4.78, 5) is 12.3. The van der Waals surface area contributed by atoms with E-state index < -0.39 is 9.02 Å². The van der Waals surface area contributed by atoms with Crippen molar-refractivity contribution < 1.29 is 36.1 Å². The average molecular weight is 504 g/mol. The van der Waals surface area contributed by atoms with Crippen molar-refractivity contribution in [3.8, 4) is 0 Å². The van der Waals surface area contributed by atoms with Crippen molar-refractivity contribution in [3.05, 3.63) is 0 Å². The number of carbonyl (C=O) groups is 1. The quantitative estimate of drug-likeness (QED) is 0.124. The molecule has 0 amide bonds. The number of carbonyl (C=O) groups excluding carboxylic acids is 1. The summed E-state index contributed by atoms with van der Waals surface area (Å²) in [6.07, 6.45) is 4.08. The summed E-state index contributed by atoms with van der Waals surface area (Å²) >= 11 is 2.23. The van der Waals surface area contributed by atoms with Gasteiger partial charge in [0.05, 0.1) is 0 Å². The SMILES string of the molecule is CC1(O)CC2(COC(=O)C(C)(I)C3N[I-]3)CC3CC32C1. The molecule has 6 heteroatoms. The minimum absolute atomic E-state index is 0.00424. The van der Waals surface area contributed by atoms with Crippen LogP contribution in [0.15, 0.2) is 0 Å². The summed E-state index contributed by atoms with van der Waals surface area (Å²) in [5.74, 6) is 0.713. The first-order valence-corrected chi connectivity index (χ1v) is 10.6. The van der Waals surface area contributed by atoms with Gasteiger partial charge in [0.15, 0.2) is 0 Å². The van der Waals surface area contributed by atoms with Crippen molar-refractivity contribution in [1.29, 1.82) is 0 Å². The van der Waals surface area contributed by atoms with Crippen molar-refractivity contribution in [2.45, 2.75) is 52.6 Å². The van der Waals surface area contributed by atoms with Crippen molar-refractivity contribution in [2.75, 3.05) is 6.61 Å². The first kappa shape index (κ1) is 14.4. The molecule has 4 nitrogen and oxygen atoms in total. The maximum absolute atomic E-state index is 12.3. The third-order valence-corrected chi connectivity index (χ3v) is 10.7. The zero-order valence-electron chi connectivity index (χ0n) is 11.7. The zero-order chi connectivity index (χ0) is 14.4. The molecule has 114 valence electrons. The molecule has 4 aliphatic rings. The number of aliphatic hydroxyl groups is 1. The monoisotopic (exact) mass is 504 g/mol. The van der Waals surface area contributed by atoms with Gasteiger partial charge in [-0.2, -0.15) is 0 Å². The van der Waals surface area contributed by atoms with Crippen LogP contribution in [0.25, 0.3) is 0 Å². The molecule has 3 saturated carbocycles. The van der Waals surface area contributed by atoms with Gasteiger partial charge in [-0.3, -0.25) is 0 Å². The van der Waals surface area contributed by atoms with E-state index in [1.54, 1.807) is 0 Å². The fourth-order valence-electron chi connectivity index (χ4n) is 4.90. The summed E-state index contributed by atoms with van der Waals surface area (Å²) in [5.41, 5.74) is -0.173. The van der Waals surface area contributed by atoms with E-state index in [-0.39, 0.29) is 32.9 Å². The Kier molecular flexibility index (Phi) is 2.91. The van der Waals surface area contributed by atoms with E-state index in [2.05, 4.69) is 26.1 Å². The van der Waals surface area contributed by atoms with Gasteiger partial charge in [0, 0.05) is 0 Å². The molecule has 1 aliphatic heterocycles. The molecule has 1 saturated heterocycles. The molecule has 6 atom stereocenters. The van der Waals surface area contributed by atoms with Crippen LogP contribution in [0.1, 0.15) is 39.5 Å². The van der Waals surface area contributed by atoms with E-state index in [4.69, 9.17) is 4.74 Å². The zero-order valence-corrected chi connectivity index (χ0v) is 16.0. The fourth-order valence-corrected chi connectivity index (χ4v) is 8.24. The molecule has 2 N–H and O–H groups in total. The second kappa shape index (κ2) is 4.03. The number of hydrogen-bond acceptors (Lipinski definition) is 4. The summed E-state index contributed by atoms with van der Waals surface area (Å²) in [6.45, 7) is 4.43. The van der Waals surface area contributed by atoms with Gasteiger partial charge in [-0.05, 0) is 0 Å². The van der Waals surface area contributed by atoms with Gasteiger partial charge in [0.25, 0.3) is 0 Å². The number of rotatable bonds is 4. The molecule has 0 bridgehead atoms. The van der Waals surface area contributed by atoms with Crippen LogP contribution >= 0.6 is 22.6 Å². The summed E-state index contributed by atoms with van der Waals surface area (Å²) in [6, 6.07) is 0. The topological polar surface area (TPSA) is 68.5 Å². The van der Waals surface area contributed by atoms with Crippen molar-refractivity contribution >= 4 is 28.6 Å². The second-order valence-electron chi connectivity index (χ2n) is 7.62. The van der Waals surface area contributed by atoms with Gasteiger partial charge in [-0.25, -0.2) is 0 Å². The average Bonchev–Trinajstić information content (AvgIpc) is 3.19. The third kappa shape index (κ3) is 1.86. The van der Waals surface area contributed by atoms with Crippen LogP contribution in [0, 0.1) is 16.7 Å². The molecule has 4 fully saturated rings. The Morgan fingerprint density at radius 3 is 2.80 bits per heavy atom. The first-order chi connectivity index (χ1) is 9.21. The molecule has 6 unspecified atom stereocenters. The van der Waals surface area contributed by atoms with Gasteiger partial charge >= 0.3 is 144 Å². The van der Waals surface area contributed by atoms with E-state index in [1.807, 2.05) is 13.8 Å². The van der Waals surface area contributed by atoms with Crippen LogP contribution in [-0.4, -0.2) is 30.8 Å². The van der Waals surface area contributed by atoms with E-state index in [1.165, 1.54) is 6.42 Å². The number of hydrogen-bond donors (Lipinski definition) is 2.